The van der Waals surface area contributed by atoms with Gasteiger partial charge in [0.15, 0.2) is 0 Å². The average molecular weight is 254 g/mol. The van der Waals surface area contributed by atoms with Crippen molar-refractivity contribution < 1.29 is 9.53 Å². The molecule has 2 rings (SSSR count). The predicted molar refractivity (Wildman–Crippen MR) is 71.1 cm³/mol. The fourth-order valence-corrected chi connectivity index (χ4v) is 3.35. The van der Waals surface area contributed by atoms with E-state index in [0.717, 1.165) is 38.9 Å². The molecule has 0 spiro atoms. The zero-order valence-electron chi connectivity index (χ0n) is 11.6. The topological polar surface area (TPSA) is 55.6 Å². The molecule has 0 radical (unpaired) electrons. The van der Waals surface area contributed by atoms with Gasteiger partial charge in [0.2, 0.25) is 5.91 Å². The normalized spacial score (nSPS) is 37.6. The lowest BCUT2D eigenvalue weighted by Crippen LogP contribution is -2.50. The number of morpholine rings is 1. The lowest BCUT2D eigenvalue weighted by molar-refractivity contribution is -0.148. The third kappa shape index (κ3) is 3.23. The van der Waals surface area contributed by atoms with Crippen LogP contribution in [0.1, 0.15) is 39.5 Å². The third-order valence-electron chi connectivity index (χ3n) is 4.20. The van der Waals surface area contributed by atoms with Crippen molar-refractivity contribution in [1.29, 1.82) is 0 Å². The highest BCUT2D eigenvalue weighted by Crippen LogP contribution is 2.30. The van der Waals surface area contributed by atoms with Gasteiger partial charge in [-0.1, -0.05) is 6.42 Å². The Labute approximate surface area is 110 Å². The van der Waals surface area contributed by atoms with Gasteiger partial charge in [-0.3, -0.25) is 4.79 Å². The fraction of sp³-hybridized carbons (Fsp3) is 0.929. The number of amides is 1. The average Bonchev–Trinajstić information content (AvgIpc) is 2.37. The Morgan fingerprint density at radius 1 is 1.28 bits per heavy atom. The van der Waals surface area contributed by atoms with Gasteiger partial charge in [-0.15, -0.1) is 0 Å². The second kappa shape index (κ2) is 6.02. The first-order valence-electron chi connectivity index (χ1n) is 7.24. The molecule has 1 saturated carbocycles. The number of carbonyl (C=O) groups is 1. The van der Waals surface area contributed by atoms with Gasteiger partial charge in [-0.25, -0.2) is 0 Å². The van der Waals surface area contributed by atoms with Crippen molar-refractivity contribution >= 4 is 5.91 Å². The van der Waals surface area contributed by atoms with E-state index in [1.165, 1.54) is 6.42 Å². The maximum atomic E-state index is 12.5. The summed E-state index contributed by atoms with van der Waals surface area (Å²) in [4.78, 5) is 14.5. The molecule has 0 bridgehead atoms. The molecule has 0 aromatic carbocycles. The molecule has 4 atom stereocenters. The van der Waals surface area contributed by atoms with Crippen LogP contribution in [0.3, 0.4) is 0 Å². The van der Waals surface area contributed by atoms with Crippen molar-refractivity contribution in [2.45, 2.75) is 51.7 Å². The number of ether oxygens (including phenoxy) is 1. The highest BCUT2D eigenvalue weighted by atomic mass is 16.5. The van der Waals surface area contributed by atoms with Gasteiger partial charge in [0.25, 0.3) is 0 Å². The second-order valence-corrected chi connectivity index (χ2v) is 5.97. The van der Waals surface area contributed by atoms with Crippen molar-refractivity contribution in [3.63, 3.8) is 0 Å². The van der Waals surface area contributed by atoms with E-state index in [1.807, 2.05) is 18.7 Å². The molecule has 1 amide bonds. The molecule has 2 aliphatic rings. The Kier molecular flexibility index (Phi) is 4.62. The van der Waals surface area contributed by atoms with Gasteiger partial charge in [0.1, 0.15) is 0 Å². The number of nitrogens with zero attached hydrogens (tertiary/aromatic N) is 1. The maximum absolute atomic E-state index is 12.5. The summed E-state index contributed by atoms with van der Waals surface area (Å²) < 4.78 is 5.68. The molecule has 0 aromatic rings. The molecule has 2 unspecified atom stereocenters. The summed E-state index contributed by atoms with van der Waals surface area (Å²) in [5.74, 6) is 1.07. The number of nitrogens with two attached hydrogens (primary N) is 1. The second-order valence-electron chi connectivity index (χ2n) is 5.97. The van der Waals surface area contributed by atoms with Crippen LogP contribution in [0.25, 0.3) is 0 Å². The third-order valence-corrected chi connectivity index (χ3v) is 4.20. The smallest absolute Gasteiger partial charge is 0.225 e. The molecule has 104 valence electrons. The van der Waals surface area contributed by atoms with Crippen molar-refractivity contribution in [2.24, 2.45) is 17.6 Å². The summed E-state index contributed by atoms with van der Waals surface area (Å²) in [6.45, 7) is 6.29. The van der Waals surface area contributed by atoms with Crippen LogP contribution in [0, 0.1) is 11.8 Å². The molecule has 1 heterocycles. The zero-order chi connectivity index (χ0) is 13.1. The Balaban J connectivity index is 1.93. The van der Waals surface area contributed by atoms with Crippen LogP contribution in [0.5, 0.6) is 0 Å². The van der Waals surface area contributed by atoms with Crippen molar-refractivity contribution in [3.8, 4) is 0 Å². The van der Waals surface area contributed by atoms with E-state index >= 15 is 0 Å². The van der Waals surface area contributed by atoms with Crippen molar-refractivity contribution in [3.05, 3.63) is 0 Å². The van der Waals surface area contributed by atoms with E-state index < -0.39 is 0 Å². The Bertz CT molecular complexity index is 286. The molecule has 0 aromatic heterocycles. The SMILES string of the molecule is C[C@@H]1CN(C(=O)C2CCCC(CN)C2)C[C@H](C)O1. The lowest BCUT2D eigenvalue weighted by Gasteiger charge is -2.38. The minimum atomic E-state index is 0.159. The van der Waals surface area contributed by atoms with Crippen molar-refractivity contribution in [1.82, 2.24) is 4.90 Å². The van der Waals surface area contributed by atoms with E-state index in [1.54, 1.807) is 0 Å². The molecular weight excluding hydrogens is 228 g/mol. The van der Waals surface area contributed by atoms with Gasteiger partial charge in [0.05, 0.1) is 12.2 Å². The summed E-state index contributed by atoms with van der Waals surface area (Å²) in [5.41, 5.74) is 5.74. The number of carbonyl (C=O) groups excluding carboxylic acids is 1. The van der Waals surface area contributed by atoms with Gasteiger partial charge < -0.3 is 15.4 Å². The van der Waals surface area contributed by atoms with Crippen LogP contribution in [0.4, 0.5) is 0 Å². The summed E-state index contributed by atoms with van der Waals surface area (Å²) >= 11 is 0. The number of hydrogen-bond donors (Lipinski definition) is 1. The summed E-state index contributed by atoms with van der Waals surface area (Å²) in [6, 6.07) is 0. The molecule has 1 aliphatic heterocycles. The molecule has 2 fully saturated rings. The molecule has 4 heteroatoms. The van der Waals surface area contributed by atoms with Crippen LogP contribution in [0.15, 0.2) is 0 Å². The molecule has 2 N–H and O–H groups in total. The predicted octanol–water partition coefficient (Wildman–Crippen LogP) is 1.39. The first-order chi connectivity index (χ1) is 8.60. The molecule has 18 heavy (non-hydrogen) atoms. The standard InChI is InChI=1S/C14H26N2O2/c1-10-8-16(9-11(2)18-10)14(17)13-5-3-4-12(6-13)7-15/h10-13H,3-9,15H2,1-2H3/t10-,11+,12?,13?. The zero-order valence-corrected chi connectivity index (χ0v) is 11.6. The van der Waals surface area contributed by atoms with E-state index in [4.69, 9.17) is 10.5 Å². The largest absolute Gasteiger partial charge is 0.372 e. The first-order valence-corrected chi connectivity index (χ1v) is 7.24. The quantitative estimate of drug-likeness (QED) is 0.810. The monoisotopic (exact) mass is 254 g/mol. The number of rotatable bonds is 2. The Hall–Kier alpha value is -0.610. The van der Waals surface area contributed by atoms with Gasteiger partial charge in [0, 0.05) is 19.0 Å². The van der Waals surface area contributed by atoms with Crippen LogP contribution in [-0.2, 0) is 9.53 Å². The molecular formula is C14H26N2O2. The maximum Gasteiger partial charge on any atom is 0.225 e. The minimum Gasteiger partial charge on any atom is -0.372 e. The lowest BCUT2D eigenvalue weighted by atomic mass is 9.80. The van der Waals surface area contributed by atoms with E-state index in [9.17, 15) is 4.79 Å². The molecule has 1 saturated heterocycles. The molecule has 4 nitrogen and oxygen atoms in total. The van der Waals surface area contributed by atoms with Crippen molar-refractivity contribution in [2.75, 3.05) is 19.6 Å². The molecule has 1 aliphatic carbocycles. The first kappa shape index (κ1) is 13.8. The summed E-state index contributed by atoms with van der Waals surface area (Å²) in [6.07, 6.45) is 4.67. The Morgan fingerprint density at radius 3 is 2.56 bits per heavy atom. The van der Waals surface area contributed by atoms with Gasteiger partial charge in [-0.2, -0.15) is 0 Å². The summed E-state index contributed by atoms with van der Waals surface area (Å²) in [5, 5.41) is 0. The van der Waals surface area contributed by atoms with E-state index in [-0.39, 0.29) is 18.1 Å². The number of hydrogen-bond acceptors (Lipinski definition) is 3. The van der Waals surface area contributed by atoms with Gasteiger partial charge in [-0.05, 0) is 45.6 Å². The highest BCUT2D eigenvalue weighted by molar-refractivity contribution is 5.79. The Morgan fingerprint density at radius 2 is 1.94 bits per heavy atom. The van der Waals surface area contributed by atoms with Crippen LogP contribution in [0.2, 0.25) is 0 Å². The van der Waals surface area contributed by atoms with Crippen LogP contribution in [-0.4, -0.2) is 42.6 Å². The van der Waals surface area contributed by atoms with E-state index in [2.05, 4.69) is 0 Å². The fourth-order valence-electron chi connectivity index (χ4n) is 3.35. The summed E-state index contributed by atoms with van der Waals surface area (Å²) in [7, 11) is 0. The van der Waals surface area contributed by atoms with Crippen LogP contribution >= 0.6 is 0 Å². The minimum absolute atomic E-state index is 0.159. The van der Waals surface area contributed by atoms with Gasteiger partial charge >= 0.3 is 0 Å². The van der Waals surface area contributed by atoms with E-state index in [0.29, 0.717) is 11.8 Å². The highest BCUT2D eigenvalue weighted by Gasteiger charge is 2.33. The van der Waals surface area contributed by atoms with Crippen LogP contribution < -0.4 is 5.73 Å².